The predicted molar refractivity (Wildman–Crippen MR) is 119 cm³/mol. The summed E-state index contributed by atoms with van der Waals surface area (Å²) in [6.45, 7) is 2.86. The first-order valence-corrected chi connectivity index (χ1v) is 11.5. The minimum atomic E-state index is -3.48. The second kappa shape index (κ2) is 9.04. The minimum absolute atomic E-state index is 0.282. The van der Waals surface area contributed by atoms with Gasteiger partial charge in [0.1, 0.15) is 12.4 Å². The summed E-state index contributed by atoms with van der Waals surface area (Å²) in [5, 5.41) is 2.42. The Bertz CT molecular complexity index is 1090. The van der Waals surface area contributed by atoms with Crippen LogP contribution < -0.4 is 9.64 Å². The molecular weight excluding hydrogens is 400 g/mol. The fraction of sp³-hybridized carbons (Fsp3) is 0.304. The number of likely N-dealkylation sites (N-methyl/N-ethyl adjacent to an activating group) is 1. The van der Waals surface area contributed by atoms with Gasteiger partial charge in [0.05, 0.1) is 24.7 Å². The van der Waals surface area contributed by atoms with Crippen molar-refractivity contribution in [1.29, 1.82) is 0 Å². The molecule has 0 atom stereocenters. The Morgan fingerprint density at radius 1 is 0.967 bits per heavy atom. The lowest BCUT2D eigenvalue weighted by Crippen LogP contribution is -2.40. The van der Waals surface area contributed by atoms with Gasteiger partial charge in [0.25, 0.3) is 0 Å². The predicted octanol–water partition coefficient (Wildman–Crippen LogP) is 3.38. The van der Waals surface area contributed by atoms with Crippen LogP contribution in [0.15, 0.2) is 71.6 Å². The SMILES string of the molecule is CN(CCOc1ccc(S(=O)(=O)N2CCOCC2)cc1)c1cccc2ccccc12. The highest BCUT2D eigenvalue weighted by atomic mass is 32.2. The molecule has 3 aromatic carbocycles. The van der Waals surface area contributed by atoms with Gasteiger partial charge < -0.3 is 14.4 Å². The van der Waals surface area contributed by atoms with Gasteiger partial charge in [-0.1, -0.05) is 36.4 Å². The normalized spacial score (nSPS) is 15.2. The van der Waals surface area contributed by atoms with Crippen LogP contribution in [0.25, 0.3) is 10.8 Å². The number of sulfonamides is 1. The van der Waals surface area contributed by atoms with Crippen LogP contribution in [0.4, 0.5) is 5.69 Å². The van der Waals surface area contributed by atoms with Crippen molar-refractivity contribution in [2.24, 2.45) is 0 Å². The van der Waals surface area contributed by atoms with Crippen molar-refractivity contribution >= 4 is 26.5 Å². The first-order chi connectivity index (χ1) is 14.6. The molecule has 0 saturated carbocycles. The van der Waals surface area contributed by atoms with E-state index < -0.39 is 10.0 Å². The fourth-order valence-corrected chi connectivity index (χ4v) is 5.01. The summed E-state index contributed by atoms with van der Waals surface area (Å²) in [4.78, 5) is 2.45. The van der Waals surface area contributed by atoms with Crippen molar-refractivity contribution < 1.29 is 17.9 Å². The lowest BCUT2D eigenvalue weighted by Gasteiger charge is -2.26. The average Bonchev–Trinajstić information content (AvgIpc) is 2.79. The Morgan fingerprint density at radius 2 is 1.67 bits per heavy atom. The van der Waals surface area contributed by atoms with Gasteiger partial charge in [-0.15, -0.1) is 0 Å². The molecule has 0 aromatic heterocycles. The second-order valence-electron chi connectivity index (χ2n) is 7.26. The average molecular weight is 427 g/mol. The first kappa shape index (κ1) is 20.7. The minimum Gasteiger partial charge on any atom is -0.492 e. The van der Waals surface area contributed by atoms with Crippen molar-refractivity contribution in [1.82, 2.24) is 4.31 Å². The van der Waals surface area contributed by atoms with Crippen LogP contribution in [-0.2, 0) is 14.8 Å². The van der Waals surface area contributed by atoms with Gasteiger partial charge in [-0.25, -0.2) is 8.42 Å². The van der Waals surface area contributed by atoms with Gasteiger partial charge in [0, 0.05) is 31.2 Å². The maximum Gasteiger partial charge on any atom is 0.243 e. The molecule has 0 bridgehead atoms. The molecule has 0 unspecified atom stereocenters. The number of ether oxygens (including phenoxy) is 2. The molecule has 0 radical (unpaired) electrons. The molecule has 0 N–H and O–H groups in total. The summed E-state index contributed by atoms with van der Waals surface area (Å²) in [6.07, 6.45) is 0. The van der Waals surface area contributed by atoms with Crippen LogP contribution in [0.2, 0.25) is 0 Å². The third-order valence-corrected chi connectivity index (χ3v) is 7.22. The lowest BCUT2D eigenvalue weighted by molar-refractivity contribution is 0.0730. The summed E-state index contributed by atoms with van der Waals surface area (Å²) in [5.74, 6) is 0.655. The lowest BCUT2D eigenvalue weighted by atomic mass is 10.1. The van der Waals surface area contributed by atoms with Crippen molar-refractivity contribution in [2.45, 2.75) is 4.90 Å². The largest absolute Gasteiger partial charge is 0.492 e. The highest BCUT2D eigenvalue weighted by Gasteiger charge is 2.26. The van der Waals surface area contributed by atoms with Crippen LogP contribution in [-0.4, -0.2) is 59.2 Å². The zero-order valence-corrected chi connectivity index (χ0v) is 17.8. The van der Waals surface area contributed by atoms with Crippen LogP contribution in [0.3, 0.4) is 0 Å². The third kappa shape index (κ3) is 4.43. The smallest absolute Gasteiger partial charge is 0.243 e. The number of hydrogen-bond acceptors (Lipinski definition) is 5. The van der Waals surface area contributed by atoms with Crippen LogP contribution in [0.5, 0.6) is 5.75 Å². The Morgan fingerprint density at radius 3 is 2.43 bits per heavy atom. The molecule has 6 nitrogen and oxygen atoms in total. The summed E-state index contributed by atoms with van der Waals surface area (Å²) in [7, 11) is -1.44. The quantitative estimate of drug-likeness (QED) is 0.580. The molecule has 1 aliphatic rings. The van der Waals surface area contributed by atoms with Gasteiger partial charge >= 0.3 is 0 Å². The number of fused-ring (bicyclic) bond motifs is 1. The molecule has 158 valence electrons. The summed E-state index contributed by atoms with van der Waals surface area (Å²) >= 11 is 0. The summed E-state index contributed by atoms with van der Waals surface area (Å²) in [6, 6.07) is 21.2. The monoisotopic (exact) mass is 426 g/mol. The second-order valence-corrected chi connectivity index (χ2v) is 9.19. The van der Waals surface area contributed by atoms with Crippen LogP contribution in [0, 0.1) is 0 Å². The van der Waals surface area contributed by atoms with E-state index in [4.69, 9.17) is 9.47 Å². The van der Waals surface area contributed by atoms with Crippen molar-refractivity contribution in [3.63, 3.8) is 0 Å². The Labute approximate surface area is 177 Å². The number of anilines is 1. The summed E-state index contributed by atoms with van der Waals surface area (Å²) < 4.78 is 37.9. The number of benzene rings is 3. The van der Waals surface area contributed by atoms with Gasteiger partial charge in [-0.3, -0.25) is 0 Å². The number of morpholine rings is 1. The molecule has 1 heterocycles. The van der Waals surface area contributed by atoms with Gasteiger partial charge in [0.2, 0.25) is 10.0 Å². The number of hydrogen-bond donors (Lipinski definition) is 0. The highest BCUT2D eigenvalue weighted by Crippen LogP contribution is 2.26. The van der Waals surface area contributed by atoms with Gasteiger partial charge in [-0.2, -0.15) is 4.31 Å². The van der Waals surface area contributed by atoms with Crippen molar-refractivity contribution in [3.8, 4) is 5.75 Å². The number of nitrogens with zero attached hydrogens (tertiary/aromatic N) is 2. The molecular formula is C23H26N2O4S. The molecule has 4 rings (SSSR count). The van der Waals surface area contributed by atoms with Crippen molar-refractivity contribution in [2.75, 3.05) is 51.4 Å². The molecule has 3 aromatic rings. The van der Waals surface area contributed by atoms with E-state index in [0.717, 1.165) is 5.69 Å². The summed E-state index contributed by atoms with van der Waals surface area (Å²) in [5.41, 5.74) is 1.16. The molecule has 0 spiro atoms. The maximum atomic E-state index is 12.7. The first-order valence-electron chi connectivity index (χ1n) is 10.1. The zero-order chi connectivity index (χ0) is 21.0. The van der Waals surface area contributed by atoms with Crippen molar-refractivity contribution in [3.05, 3.63) is 66.7 Å². The van der Waals surface area contributed by atoms with E-state index in [0.29, 0.717) is 45.2 Å². The van der Waals surface area contributed by atoms with E-state index in [1.165, 1.54) is 15.1 Å². The molecule has 1 saturated heterocycles. The fourth-order valence-electron chi connectivity index (χ4n) is 3.61. The number of rotatable bonds is 7. The molecule has 0 aliphatic carbocycles. The zero-order valence-electron chi connectivity index (χ0n) is 17.0. The van der Waals surface area contributed by atoms with Crippen LogP contribution in [0.1, 0.15) is 0 Å². The van der Waals surface area contributed by atoms with E-state index in [-0.39, 0.29) is 4.90 Å². The van der Waals surface area contributed by atoms with Gasteiger partial charge in [-0.05, 0) is 35.7 Å². The molecule has 30 heavy (non-hydrogen) atoms. The third-order valence-electron chi connectivity index (χ3n) is 5.30. The van der Waals surface area contributed by atoms with Crippen LogP contribution >= 0.6 is 0 Å². The van der Waals surface area contributed by atoms with E-state index in [1.807, 2.05) is 19.2 Å². The van der Waals surface area contributed by atoms with Gasteiger partial charge in [0.15, 0.2) is 0 Å². The molecule has 1 aliphatic heterocycles. The van der Waals surface area contributed by atoms with E-state index >= 15 is 0 Å². The van der Waals surface area contributed by atoms with E-state index in [1.54, 1.807) is 24.3 Å². The Hall–Kier alpha value is -2.61. The highest BCUT2D eigenvalue weighted by molar-refractivity contribution is 7.89. The molecule has 7 heteroatoms. The van der Waals surface area contributed by atoms with E-state index in [9.17, 15) is 8.42 Å². The molecule has 0 amide bonds. The maximum absolute atomic E-state index is 12.7. The van der Waals surface area contributed by atoms with E-state index in [2.05, 4.69) is 35.2 Å². The standard InChI is InChI=1S/C23H26N2O4S/c1-24(23-8-4-6-19-5-2-3-7-22(19)23)13-18-29-20-9-11-21(12-10-20)30(26,27)25-14-16-28-17-15-25/h2-12H,13-18H2,1H3. The Kier molecular flexibility index (Phi) is 6.22. The topological polar surface area (TPSA) is 59.1 Å². The molecule has 1 fully saturated rings. The Balaban J connectivity index is 1.36.